The Balaban J connectivity index is 1.82. The molecule has 0 bridgehead atoms. The first-order valence-electron chi connectivity index (χ1n) is 8.75. The van der Waals surface area contributed by atoms with E-state index in [0.29, 0.717) is 12.0 Å². The second-order valence-corrected chi connectivity index (χ2v) is 6.25. The van der Waals surface area contributed by atoms with Crippen LogP contribution in [-0.2, 0) is 13.0 Å². The molecule has 0 amide bonds. The van der Waals surface area contributed by atoms with E-state index in [4.69, 9.17) is 0 Å². The van der Waals surface area contributed by atoms with Gasteiger partial charge in [0.05, 0.1) is 5.56 Å². The number of aromatic nitrogens is 4. The molecule has 2 heterocycles. The third-order valence-electron chi connectivity index (χ3n) is 4.26. The highest BCUT2D eigenvalue weighted by Gasteiger charge is 2.12. The van der Waals surface area contributed by atoms with Crippen LogP contribution in [0.3, 0.4) is 0 Å². The van der Waals surface area contributed by atoms with Gasteiger partial charge in [-0.3, -0.25) is 4.98 Å². The van der Waals surface area contributed by atoms with Crippen LogP contribution < -0.4 is 0 Å². The molecule has 6 nitrogen and oxygen atoms in total. The summed E-state index contributed by atoms with van der Waals surface area (Å²) in [5.74, 6) is 0.788. The summed E-state index contributed by atoms with van der Waals surface area (Å²) < 4.78 is 1.98. The van der Waals surface area contributed by atoms with Crippen LogP contribution in [-0.4, -0.2) is 30.8 Å². The van der Waals surface area contributed by atoms with Crippen molar-refractivity contribution in [2.24, 2.45) is 0 Å². The maximum atomic E-state index is 11.4. The van der Waals surface area contributed by atoms with Gasteiger partial charge >= 0.3 is 5.97 Å². The van der Waals surface area contributed by atoms with E-state index in [1.807, 2.05) is 35.9 Å². The number of aromatic carboxylic acids is 1. The number of nitrogens with zero attached hydrogens (tertiary/aromatic N) is 4. The molecule has 2 aromatic heterocycles. The number of carboxylic acids is 1. The number of pyridine rings is 1. The monoisotopic (exact) mass is 350 g/mol. The van der Waals surface area contributed by atoms with E-state index < -0.39 is 5.97 Å². The Morgan fingerprint density at radius 2 is 1.96 bits per heavy atom. The summed E-state index contributed by atoms with van der Waals surface area (Å²) >= 11 is 0. The van der Waals surface area contributed by atoms with Gasteiger partial charge < -0.3 is 5.11 Å². The van der Waals surface area contributed by atoms with Crippen molar-refractivity contribution in [3.05, 3.63) is 65.5 Å². The van der Waals surface area contributed by atoms with Crippen molar-refractivity contribution >= 4 is 5.97 Å². The first-order chi connectivity index (χ1) is 12.6. The van der Waals surface area contributed by atoms with Gasteiger partial charge in [0.2, 0.25) is 0 Å². The molecule has 0 saturated carbocycles. The molecule has 0 atom stereocenters. The number of hydrogen-bond acceptors (Lipinski definition) is 4. The Morgan fingerprint density at radius 3 is 2.65 bits per heavy atom. The van der Waals surface area contributed by atoms with Crippen LogP contribution in [0.2, 0.25) is 0 Å². The molecule has 134 valence electrons. The molecule has 26 heavy (non-hydrogen) atoms. The minimum Gasteiger partial charge on any atom is -0.478 e. The topological polar surface area (TPSA) is 80.9 Å². The van der Waals surface area contributed by atoms with Crippen molar-refractivity contribution in [2.75, 3.05) is 0 Å². The molecule has 0 unspecified atom stereocenters. The summed E-state index contributed by atoms with van der Waals surface area (Å²) in [5.41, 5.74) is 2.82. The maximum Gasteiger partial charge on any atom is 0.336 e. The number of benzene rings is 1. The van der Waals surface area contributed by atoms with Crippen LogP contribution in [0.5, 0.6) is 0 Å². The molecule has 6 heteroatoms. The molecule has 1 aromatic carbocycles. The van der Waals surface area contributed by atoms with Crippen molar-refractivity contribution in [3.63, 3.8) is 0 Å². The van der Waals surface area contributed by atoms with Gasteiger partial charge in [0, 0.05) is 30.9 Å². The Labute approximate surface area is 152 Å². The average molecular weight is 350 g/mol. The maximum absolute atomic E-state index is 11.4. The Hall–Kier alpha value is -3.02. The van der Waals surface area contributed by atoms with Crippen molar-refractivity contribution in [1.82, 2.24) is 19.7 Å². The van der Waals surface area contributed by atoms with Crippen molar-refractivity contribution < 1.29 is 9.90 Å². The lowest BCUT2D eigenvalue weighted by atomic mass is 10.00. The zero-order valence-corrected chi connectivity index (χ0v) is 15.0. The van der Waals surface area contributed by atoms with Gasteiger partial charge in [-0.25, -0.2) is 14.5 Å². The third kappa shape index (κ3) is 3.96. The lowest BCUT2D eigenvalue weighted by molar-refractivity contribution is 0.0697. The molecule has 0 fully saturated rings. The van der Waals surface area contributed by atoms with Crippen molar-refractivity contribution in [3.8, 4) is 11.1 Å². The molecule has 0 spiro atoms. The van der Waals surface area contributed by atoms with E-state index in [9.17, 15) is 9.90 Å². The number of unbranched alkanes of at least 4 members (excludes halogenated alkanes) is 1. The second-order valence-electron chi connectivity index (χ2n) is 6.25. The lowest BCUT2D eigenvalue weighted by Crippen LogP contribution is -2.06. The molecule has 0 saturated heterocycles. The normalized spacial score (nSPS) is 10.8. The summed E-state index contributed by atoms with van der Waals surface area (Å²) in [7, 11) is 0. The van der Waals surface area contributed by atoms with Gasteiger partial charge in [-0.1, -0.05) is 37.6 Å². The first-order valence-corrected chi connectivity index (χ1v) is 8.75. The highest BCUT2D eigenvalue weighted by molar-refractivity contribution is 5.95. The standard InChI is InChI=1S/C20H22N4O2/c1-3-4-11-24-19(22-14(2)23-24)12-15-5-7-16(8-6-15)18-13-21-10-9-17(18)20(25)26/h5-10,13H,3-4,11-12H2,1-2H3,(H,25,26). The quantitative estimate of drug-likeness (QED) is 0.702. The summed E-state index contributed by atoms with van der Waals surface area (Å²) in [6.07, 6.45) is 5.97. The number of carboxylic acid groups (broad SMARTS) is 1. The Bertz CT molecular complexity index is 900. The fourth-order valence-electron chi connectivity index (χ4n) is 2.91. The molecule has 3 aromatic rings. The molecule has 0 radical (unpaired) electrons. The van der Waals surface area contributed by atoms with Crippen LogP contribution in [0.4, 0.5) is 0 Å². The van der Waals surface area contributed by atoms with Gasteiger partial charge in [-0.15, -0.1) is 0 Å². The fraction of sp³-hybridized carbons (Fsp3) is 0.300. The smallest absolute Gasteiger partial charge is 0.336 e. The van der Waals surface area contributed by atoms with Crippen LogP contribution in [0.15, 0.2) is 42.7 Å². The summed E-state index contributed by atoms with van der Waals surface area (Å²) in [4.78, 5) is 20.0. The van der Waals surface area contributed by atoms with Gasteiger partial charge in [-0.05, 0) is 30.5 Å². The highest BCUT2D eigenvalue weighted by atomic mass is 16.4. The number of hydrogen-bond donors (Lipinski definition) is 1. The molecule has 1 N–H and O–H groups in total. The van der Waals surface area contributed by atoms with Gasteiger partial charge in [-0.2, -0.15) is 5.10 Å². The first kappa shape index (κ1) is 17.8. The van der Waals surface area contributed by atoms with Crippen molar-refractivity contribution in [1.29, 1.82) is 0 Å². The van der Waals surface area contributed by atoms with E-state index in [1.54, 1.807) is 6.20 Å². The number of carbonyl (C=O) groups is 1. The molecule has 0 aliphatic rings. The predicted molar refractivity (Wildman–Crippen MR) is 99.1 cm³/mol. The lowest BCUT2D eigenvalue weighted by Gasteiger charge is -2.08. The minimum absolute atomic E-state index is 0.252. The van der Waals surface area contributed by atoms with Gasteiger partial charge in [0.15, 0.2) is 0 Å². The number of aryl methyl sites for hydroxylation is 2. The molecule has 0 aliphatic carbocycles. The summed E-state index contributed by atoms with van der Waals surface area (Å²) in [5, 5.41) is 13.8. The van der Waals surface area contributed by atoms with Crippen LogP contribution in [0.1, 0.15) is 47.3 Å². The van der Waals surface area contributed by atoms with Crippen LogP contribution >= 0.6 is 0 Å². The van der Waals surface area contributed by atoms with E-state index >= 15 is 0 Å². The molecule has 3 rings (SSSR count). The average Bonchev–Trinajstić information content (AvgIpc) is 2.99. The van der Waals surface area contributed by atoms with Crippen LogP contribution in [0, 0.1) is 6.92 Å². The van der Waals surface area contributed by atoms with E-state index in [0.717, 1.165) is 42.2 Å². The molecular weight excluding hydrogens is 328 g/mol. The van der Waals surface area contributed by atoms with E-state index in [2.05, 4.69) is 22.0 Å². The Kier molecular flexibility index (Phi) is 5.41. The zero-order chi connectivity index (χ0) is 18.5. The second kappa shape index (κ2) is 7.91. The number of rotatable bonds is 7. The molecular formula is C20H22N4O2. The predicted octanol–water partition coefficient (Wildman–Crippen LogP) is 3.74. The molecule has 0 aliphatic heterocycles. The van der Waals surface area contributed by atoms with E-state index in [-0.39, 0.29) is 5.56 Å². The van der Waals surface area contributed by atoms with E-state index in [1.165, 1.54) is 12.3 Å². The van der Waals surface area contributed by atoms with Gasteiger partial charge in [0.25, 0.3) is 0 Å². The van der Waals surface area contributed by atoms with Crippen molar-refractivity contribution in [2.45, 2.75) is 39.7 Å². The summed E-state index contributed by atoms with van der Waals surface area (Å²) in [6, 6.07) is 9.38. The van der Waals surface area contributed by atoms with Gasteiger partial charge in [0.1, 0.15) is 11.6 Å². The summed E-state index contributed by atoms with van der Waals surface area (Å²) in [6.45, 7) is 4.94. The highest BCUT2D eigenvalue weighted by Crippen LogP contribution is 2.23. The third-order valence-corrected chi connectivity index (χ3v) is 4.26. The Morgan fingerprint density at radius 1 is 1.19 bits per heavy atom. The zero-order valence-electron chi connectivity index (χ0n) is 15.0. The SMILES string of the molecule is CCCCn1nc(C)nc1Cc1ccc(-c2cnccc2C(=O)O)cc1. The minimum atomic E-state index is -0.953. The largest absolute Gasteiger partial charge is 0.478 e. The van der Waals surface area contributed by atoms with Crippen LogP contribution in [0.25, 0.3) is 11.1 Å². The fourth-order valence-corrected chi connectivity index (χ4v) is 2.91.